The van der Waals surface area contributed by atoms with Gasteiger partial charge in [-0.15, -0.1) is 10.2 Å². The minimum atomic E-state index is -0.583. The largest absolute Gasteiger partial charge is 0.493 e. The standard InChI is InChI=1S/C19H17ClFN3O5S/c1-26-14-6-10(7-15(27-2)17(14)28-3)18-23-24-19(29-18)30-9-16(25)22-13-8-11(20)4-5-12(13)21/h4-8H,9H2,1-3H3,(H,22,25). The molecule has 3 aromatic rings. The zero-order chi connectivity index (χ0) is 21.7. The molecule has 0 spiro atoms. The van der Waals surface area contributed by atoms with Gasteiger partial charge in [-0.05, 0) is 30.3 Å². The molecule has 0 unspecified atom stereocenters. The van der Waals surface area contributed by atoms with Crippen LogP contribution in [-0.4, -0.2) is 43.2 Å². The van der Waals surface area contributed by atoms with Crippen LogP contribution in [0.5, 0.6) is 17.2 Å². The van der Waals surface area contributed by atoms with Crippen LogP contribution in [0.2, 0.25) is 5.02 Å². The van der Waals surface area contributed by atoms with Crippen molar-refractivity contribution in [2.45, 2.75) is 5.22 Å². The van der Waals surface area contributed by atoms with Crippen LogP contribution in [0.4, 0.5) is 10.1 Å². The fourth-order valence-corrected chi connectivity index (χ4v) is 3.23. The average Bonchev–Trinajstić information content (AvgIpc) is 3.22. The second-order valence-corrected chi connectivity index (χ2v) is 7.11. The topological polar surface area (TPSA) is 95.7 Å². The van der Waals surface area contributed by atoms with Gasteiger partial charge in [0.05, 0.1) is 32.8 Å². The van der Waals surface area contributed by atoms with Crippen molar-refractivity contribution in [2.75, 3.05) is 32.4 Å². The van der Waals surface area contributed by atoms with Crippen molar-refractivity contribution in [3.05, 3.63) is 41.2 Å². The van der Waals surface area contributed by atoms with E-state index in [1.807, 2.05) is 0 Å². The number of benzene rings is 2. The zero-order valence-corrected chi connectivity index (χ0v) is 17.8. The van der Waals surface area contributed by atoms with Gasteiger partial charge in [-0.2, -0.15) is 0 Å². The van der Waals surface area contributed by atoms with E-state index in [-0.39, 0.29) is 22.6 Å². The third kappa shape index (κ3) is 4.95. The van der Waals surface area contributed by atoms with E-state index in [0.29, 0.717) is 27.8 Å². The molecule has 158 valence electrons. The number of nitrogens with zero attached hydrogens (tertiary/aromatic N) is 2. The number of ether oxygens (including phenoxy) is 3. The number of methoxy groups -OCH3 is 3. The van der Waals surface area contributed by atoms with E-state index in [1.54, 1.807) is 12.1 Å². The van der Waals surface area contributed by atoms with E-state index in [0.717, 1.165) is 11.8 Å². The Bertz CT molecular complexity index is 1040. The molecule has 1 heterocycles. The van der Waals surface area contributed by atoms with Gasteiger partial charge in [-0.1, -0.05) is 23.4 Å². The lowest BCUT2D eigenvalue weighted by molar-refractivity contribution is -0.113. The highest BCUT2D eigenvalue weighted by molar-refractivity contribution is 7.99. The Morgan fingerprint density at radius 3 is 2.47 bits per heavy atom. The molecule has 0 aliphatic rings. The van der Waals surface area contributed by atoms with Gasteiger partial charge in [-0.3, -0.25) is 4.79 Å². The molecule has 0 atom stereocenters. The molecule has 2 aromatic carbocycles. The lowest BCUT2D eigenvalue weighted by Gasteiger charge is -2.12. The van der Waals surface area contributed by atoms with Crippen molar-refractivity contribution in [3.63, 3.8) is 0 Å². The average molecular weight is 454 g/mol. The molecule has 0 saturated carbocycles. The van der Waals surface area contributed by atoms with Crippen LogP contribution in [0.1, 0.15) is 0 Å². The molecular formula is C19H17ClFN3O5S. The Hall–Kier alpha value is -2.98. The lowest BCUT2D eigenvalue weighted by Crippen LogP contribution is -2.15. The summed E-state index contributed by atoms with van der Waals surface area (Å²) in [6.07, 6.45) is 0. The van der Waals surface area contributed by atoms with E-state index >= 15 is 0 Å². The summed E-state index contributed by atoms with van der Waals surface area (Å²) in [6.45, 7) is 0. The maximum atomic E-state index is 13.7. The Morgan fingerprint density at radius 1 is 1.13 bits per heavy atom. The summed E-state index contributed by atoms with van der Waals surface area (Å²) in [4.78, 5) is 12.1. The zero-order valence-electron chi connectivity index (χ0n) is 16.2. The predicted octanol–water partition coefficient (Wildman–Crippen LogP) is 4.29. The Balaban J connectivity index is 1.69. The fraction of sp³-hybridized carbons (Fsp3) is 0.211. The van der Waals surface area contributed by atoms with Gasteiger partial charge in [-0.25, -0.2) is 4.39 Å². The van der Waals surface area contributed by atoms with E-state index < -0.39 is 11.7 Å². The van der Waals surface area contributed by atoms with E-state index in [1.165, 1.54) is 39.5 Å². The Morgan fingerprint density at radius 2 is 1.83 bits per heavy atom. The smallest absolute Gasteiger partial charge is 0.277 e. The minimum Gasteiger partial charge on any atom is -0.493 e. The van der Waals surface area contributed by atoms with Crippen LogP contribution in [0.15, 0.2) is 40.0 Å². The van der Waals surface area contributed by atoms with Crippen molar-refractivity contribution in [1.29, 1.82) is 0 Å². The summed E-state index contributed by atoms with van der Waals surface area (Å²) in [5.74, 6) is 0.405. The lowest BCUT2D eigenvalue weighted by atomic mass is 10.2. The van der Waals surface area contributed by atoms with Gasteiger partial charge in [0.1, 0.15) is 5.82 Å². The molecule has 0 radical (unpaired) electrons. The highest BCUT2D eigenvalue weighted by Gasteiger charge is 2.18. The summed E-state index contributed by atoms with van der Waals surface area (Å²) in [7, 11) is 4.50. The molecule has 1 aromatic heterocycles. The SMILES string of the molecule is COc1cc(-c2nnc(SCC(=O)Nc3cc(Cl)ccc3F)o2)cc(OC)c1OC. The van der Waals surface area contributed by atoms with Crippen molar-refractivity contribution in [3.8, 4) is 28.7 Å². The molecule has 0 aliphatic carbocycles. The maximum Gasteiger partial charge on any atom is 0.277 e. The number of carbonyl (C=O) groups excluding carboxylic acids is 1. The quantitative estimate of drug-likeness (QED) is 0.505. The van der Waals surface area contributed by atoms with Crippen molar-refractivity contribution in [1.82, 2.24) is 10.2 Å². The first kappa shape index (κ1) is 21.7. The second-order valence-electron chi connectivity index (χ2n) is 5.75. The number of halogens is 2. The van der Waals surface area contributed by atoms with Crippen LogP contribution in [-0.2, 0) is 4.79 Å². The molecule has 0 bridgehead atoms. The molecule has 0 saturated heterocycles. The second kappa shape index (κ2) is 9.68. The molecule has 3 rings (SSSR count). The van der Waals surface area contributed by atoms with Gasteiger partial charge in [0.25, 0.3) is 5.22 Å². The third-order valence-electron chi connectivity index (χ3n) is 3.85. The van der Waals surface area contributed by atoms with Crippen molar-refractivity contribution in [2.24, 2.45) is 0 Å². The number of amides is 1. The first-order valence-electron chi connectivity index (χ1n) is 8.46. The van der Waals surface area contributed by atoms with Gasteiger partial charge in [0.15, 0.2) is 11.5 Å². The number of nitrogens with one attached hydrogen (secondary N) is 1. The summed E-state index contributed by atoms with van der Waals surface area (Å²) < 4.78 is 35.2. The number of aromatic nitrogens is 2. The van der Waals surface area contributed by atoms with Gasteiger partial charge in [0.2, 0.25) is 17.5 Å². The fourth-order valence-electron chi connectivity index (χ4n) is 2.50. The van der Waals surface area contributed by atoms with E-state index in [2.05, 4.69) is 15.5 Å². The van der Waals surface area contributed by atoms with Crippen molar-refractivity contribution >= 4 is 35.0 Å². The molecule has 1 amide bonds. The van der Waals surface area contributed by atoms with E-state index in [9.17, 15) is 9.18 Å². The maximum absolute atomic E-state index is 13.7. The molecule has 1 N–H and O–H groups in total. The Labute approximate surface area is 180 Å². The Kier molecular flexibility index (Phi) is 7.01. The van der Waals surface area contributed by atoms with E-state index in [4.69, 9.17) is 30.2 Å². The predicted molar refractivity (Wildman–Crippen MR) is 110 cm³/mol. The number of carbonyl (C=O) groups is 1. The molecule has 11 heteroatoms. The number of hydrogen-bond acceptors (Lipinski definition) is 8. The molecule has 0 fully saturated rings. The normalized spacial score (nSPS) is 10.6. The van der Waals surface area contributed by atoms with Crippen LogP contribution >= 0.6 is 23.4 Å². The van der Waals surface area contributed by atoms with Gasteiger partial charge < -0.3 is 23.9 Å². The third-order valence-corrected chi connectivity index (χ3v) is 4.90. The number of hydrogen-bond donors (Lipinski definition) is 1. The molecule has 8 nitrogen and oxygen atoms in total. The van der Waals surface area contributed by atoms with Crippen LogP contribution in [0, 0.1) is 5.82 Å². The van der Waals surface area contributed by atoms with Crippen molar-refractivity contribution < 1.29 is 27.8 Å². The van der Waals surface area contributed by atoms with Gasteiger partial charge >= 0.3 is 0 Å². The van der Waals surface area contributed by atoms with Crippen LogP contribution in [0.3, 0.4) is 0 Å². The number of anilines is 1. The summed E-state index contributed by atoms with van der Waals surface area (Å²) in [5, 5.41) is 10.8. The summed E-state index contributed by atoms with van der Waals surface area (Å²) >= 11 is 6.82. The molecule has 30 heavy (non-hydrogen) atoms. The summed E-state index contributed by atoms with van der Waals surface area (Å²) in [5.41, 5.74) is 0.547. The highest BCUT2D eigenvalue weighted by atomic mass is 35.5. The minimum absolute atomic E-state index is 0.00302. The van der Waals surface area contributed by atoms with Crippen LogP contribution in [0.25, 0.3) is 11.5 Å². The van der Waals surface area contributed by atoms with Gasteiger partial charge in [0, 0.05) is 10.6 Å². The highest BCUT2D eigenvalue weighted by Crippen LogP contribution is 2.41. The molecule has 0 aliphatic heterocycles. The number of rotatable bonds is 8. The first-order valence-corrected chi connectivity index (χ1v) is 9.83. The van der Waals surface area contributed by atoms with Crippen LogP contribution < -0.4 is 19.5 Å². The first-order chi connectivity index (χ1) is 14.4. The summed E-state index contributed by atoms with van der Waals surface area (Å²) in [6, 6.07) is 7.22. The molecular weight excluding hydrogens is 437 g/mol. The number of thioether (sulfide) groups is 1. The monoisotopic (exact) mass is 453 g/mol.